The number of urea groups is 1. The van der Waals surface area contributed by atoms with Crippen molar-refractivity contribution in [2.45, 2.75) is 65.5 Å². The number of carbonyl (C=O) groups excluding carboxylic acids is 1. The van der Waals surface area contributed by atoms with E-state index in [9.17, 15) is 9.59 Å². The van der Waals surface area contributed by atoms with Gasteiger partial charge in [-0.15, -0.1) is 0 Å². The van der Waals surface area contributed by atoms with Gasteiger partial charge in [0.1, 0.15) is 0 Å². The Morgan fingerprint density at radius 3 is 2.21 bits per heavy atom. The lowest BCUT2D eigenvalue weighted by Gasteiger charge is -2.34. The molecule has 1 rings (SSSR count). The molecule has 1 fully saturated rings. The molecule has 0 spiro atoms. The van der Waals surface area contributed by atoms with Gasteiger partial charge in [0.05, 0.1) is 6.42 Å². The third-order valence-electron chi connectivity index (χ3n) is 3.95. The van der Waals surface area contributed by atoms with Crippen LogP contribution in [0.25, 0.3) is 0 Å². The van der Waals surface area contributed by atoms with E-state index < -0.39 is 5.97 Å². The predicted octanol–water partition coefficient (Wildman–Crippen LogP) is 2.36. The standard InChI is InChI=1S/C14H26N2O3/c1-9(10-6-5-7-10)15-13(19)16-11(8-12(17)18)14(2,3)4/h9-11H,5-8H2,1-4H3,(H,17,18)(H2,15,16,19). The Balaban J connectivity index is 2.48. The minimum atomic E-state index is -0.896. The highest BCUT2D eigenvalue weighted by Crippen LogP contribution is 2.29. The zero-order valence-electron chi connectivity index (χ0n) is 12.3. The summed E-state index contributed by atoms with van der Waals surface area (Å²) in [6.45, 7) is 7.79. The summed E-state index contributed by atoms with van der Waals surface area (Å²) in [5, 5.41) is 14.6. The summed E-state index contributed by atoms with van der Waals surface area (Å²) < 4.78 is 0. The van der Waals surface area contributed by atoms with Crippen molar-refractivity contribution in [2.24, 2.45) is 11.3 Å². The highest BCUT2D eigenvalue weighted by atomic mass is 16.4. The summed E-state index contributed by atoms with van der Waals surface area (Å²) in [5.74, 6) is -0.328. The zero-order chi connectivity index (χ0) is 14.6. The lowest BCUT2D eigenvalue weighted by molar-refractivity contribution is -0.138. The van der Waals surface area contributed by atoms with Gasteiger partial charge in [-0.05, 0) is 31.1 Å². The highest BCUT2D eigenvalue weighted by Gasteiger charge is 2.30. The Kier molecular flexibility index (Phi) is 5.20. The number of nitrogens with one attached hydrogen (secondary N) is 2. The van der Waals surface area contributed by atoms with Gasteiger partial charge in [-0.25, -0.2) is 4.79 Å². The van der Waals surface area contributed by atoms with Crippen LogP contribution in [0.4, 0.5) is 4.79 Å². The van der Waals surface area contributed by atoms with Crippen LogP contribution in [-0.2, 0) is 4.79 Å². The van der Waals surface area contributed by atoms with Crippen LogP contribution in [0.2, 0.25) is 0 Å². The summed E-state index contributed by atoms with van der Waals surface area (Å²) in [4.78, 5) is 22.8. The topological polar surface area (TPSA) is 78.4 Å². The Bertz CT molecular complexity index is 332. The maximum Gasteiger partial charge on any atom is 0.315 e. The quantitative estimate of drug-likeness (QED) is 0.717. The van der Waals surface area contributed by atoms with Gasteiger partial charge < -0.3 is 15.7 Å². The fraction of sp³-hybridized carbons (Fsp3) is 0.857. The molecule has 0 aromatic rings. The molecule has 0 saturated heterocycles. The van der Waals surface area contributed by atoms with Crippen molar-refractivity contribution in [2.75, 3.05) is 0 Å². The summed E-state index contributed by atoms with van der Waals surface area (Å²) in [7, 11) is 0. The second kappa shape index (κ2) is 6.26. The van der Waals surface area contributed by atoms with Crippen LogP contribution in [0, 0.1) is 11.3 Å². The number of carboxylic acid groups (broad SMARTS) is 1. The largest absolute Gasteiger partial charge is 0.481 e. The van der Waals surface area contributed by atoms with E-state index in [0.29, 0.717) is 5.92 Å². The smallest absolute Gasteiger partial charge is 0.315 e. The SMILES string of the molecule is CC(NC(=O)NC(CC(=O)O)C(C)(C)C)C1CCC1. The van der Waals surface area contributed by atoms with Crippen LogP contribution in [0.5, 0.6) is 0 Å². The summed E-state index contributed by atoms with van der Waals surface area (Å²) in [6, 6.07) is -0.488. The molecule has 0 bridgehead atoms. The Morgan fingerprint density at radius 2 is 1.84 bits per heavy atom. The molecule has 5 nitrogen and oxygen atoms in total. The molecular weight excluding hydrogens is 244 g/mol. The van der Waals surface area contributed by atoms with E-state index in [2.05, 4.69) is 10.6 Å². The highest BCUT2D eigenvalue weighted by molar-refractivity contribution is 5.76. The number of amides is 2. The number of rotatable bonds is 5. The van der Waals surface area contributed by atoms with Crippen molar-refractivity contribution in [3.05, 3.63) is 0 Å². The molecule has 19 heavy (non-hydrogen) atoms. The molecule has 2 atom stereocenters. The van der Waals surface area contributed by atoms with Gasteiger partial charge in [-0.1, -0.05) is 27.2 Å². The number of hydrogen-bond acceptors (Lipinski definition) is 2. The first-order valence-corrected chi connectivity index (χ1v) is 6.99. The van der Waals surface area contributed by atoms with Crippen molar-refractivity contribution in [3.63, 3.8) is 0 Å². The van der Waals surface area contributed by atoms with Gasteiger partial charge in [0.2, 0.25) is 0 Å². The van der Waals surface area contributed by atoms with Crippen molar-refractivity contribution >= 4 is 12.0 Å². The molecule has 0 radical (unpaired) electrons. The first-order valence-electron chi connectivity index (χ1n) is 6.99. The molecule has 5 heteroatoms. The van der Waals surface area contributed by atoms with Crippen LogP contribution in [0.1, 0.15) is 53.4 Å². The number of carboxylic acids is 1. The fourth-order valence-electron chi connectivity index (χ4n) is 2.21. The summed E-state index contributed by atoms with van der Waals surface area (Å²) in [5.41, 5.74) is -0.282. The number of hydrogen-bond donors (Lipinski definition) is 3. The Hall–Kier alpha value is -1.26. The van der Waals surface area contributed by atoms with E-state index in [0.717, 1.165) is 0 Å². The van der Waals surface area contributed by atoms with Crippen molar-refractivity contribution in [1.29, 1.82) is 0 Å². The molecule has 2 unspecified atom stereocenters. The molecule has 3 N–H and O–H groups in total. The maximum absolute atomic E-state index is 11.9. The third-order valence-corrected chi connectivity index (χ3v) is 3.95. The molecule has 110 valence electrons. The van der Waals surface area contributed by atoms with Gasteiger partial charge in [0, 0.05) is 12.1 Å². The molecule has 0 heterocycles. The van der Waals surface area contributed by atoms with Crippen molar-refractivity contribution in [1.82, 2.24) is 10.6 Å². The van der Waals surface area contributed by atoms with Crippen molar-refractivity contribution in [3.8, 4) is 0 Å². The van der Waals surface area contributed by atoms with E-state index in [-0.39, 0.29) is 30.0 Å². The first kappa shape index (κ1) is 15.8. The minimum absolute atomic E-state index is 0.0608. The molecule has 1 aliphatic rings. The number of carbonyl (C=O) groups is 2. The normalized spacial score (nSPS) is 19.2. The van der Waals surface area contributed by atoms with Crippen LogP contribution in [-0.4, -0.2) is 29.2 Å². The van der Waals surface area contributed by atoms with Gasteiger partial charge in [-0.2, -0.15) is 0 Å². The van der Waals surface area contributed by atoms with E-state index in [1.54, 1.807) is 0 Å². The first-order chi connectivity index (χ1) is 8.70. The fourth-order valence-corrected chi connectivity index (χ4v) is 2.21. The van der Waals surface area contributed by atoms with E-state index in [1.807, 2.05) is 27.7 Å². The van der Waals surface area contributed by atoms with Gasteiger partial charge in [-0.3, -0.25) is 4.79 Å². The number of aliphatic carboxylic acids is 1. The van der Waals surface area contributed by atoms with Gasteiger partial charge in [0.15, 0.2) is 0 Å². The van der Waals surface area contributed by atoms with Gasteiger partial charge in [0.25, 0.3) is 0 Å². The zero-order valence-corrected chi connectivity index (χ0v) is 12.3. The molecule has 0 aromatic heterocycles. The monoisotopic (exact) mass is 270 g/mol. The molecular formula is C14H26N2O3. The van der Waals surface area contributed by atoms with Gasteiger partial charge >= 0.3 is 12.0 Å². The summed E-state index contributed by atoms with van der Waals surface area (Å²) >= 11 is 0. The van der Waals surface area contributed by atoms with Crippen LogP contribution < -0.4 is 10.6 Å². The Morgan fingerprint density at radius 1 is 1.26 bits per heavy atom. The van der Waals surface area contributed by atoms with Crippen LogP contribution in [0.3, 0.4) is 0 Å². The second-order valence-corrected chi connectivity index (χ2v) is 6.61. The second-order valence-electron chi connectivity index (χ2n) is 6.61. The predicted molar refractivity (Wildman–Crippen MR) is 74.0 cm³/mol. The summed E-state index contributed by atoms with van der Waals surface area (Å²) in [6.07, 6.45) is 3.51. The molecule has 1 saturated carbocycles. The lowest BCUT2D eigenvalue weighted by atomic mass is 9.80. The van der Waals surface area contributed by atoms with Crippen LogP contribution >= 0.6 is 0 Å². The Labute approximate surface area is 115 Å². The lowest BCUT2D eigenvalue weighted by Crippen LogP contribution is -2.52. The molecule has 2 amide bonds. The van der Waals surface area contributed by atoms with Crippen molar-refractivity contribution < 1.29 is 14.7 Å². The van der Waals surface area contributed by atoms with Crippen LogP contribution in [0.15, 0.2) is 0 Å². The van der Waals surface area contributed by atoms with E-state index in [4.69, 9.17) is 5.11 Å². The average molecular weight is 270 g/mol. The minimum Gasteiger partial charge on any atom is -0.481 e. The maximum atomic E-state index is 11.9. The molecule has 0 aliphatic heterocycles. The van der Waals surface area contributed by atoms with E-state index >= 15 is 0 Å². The molecule has 1 aliphatic carbocycles. The van der Waals surface area contributed by atoms with E-state index in [1.165, 1.54) is 19.3 Å². The average Bonchev–Trinajstić information content (AvgIpc) is 2.10. The molecule has 0 aromatic carbocycles. The third kappa shape index (κ3) is 5.09.